The molecule has 1 aromatic carbocycles. The zero-order chi connectivity index (χ0) is 12.7. The van der Waals surface area contributed by atoms with E-state index in [0.29, 0.717) is 0 Å². The highest BCUT2D eigenvalue weighted by Gasteiger charge is 2.13. The molecule has 0 atom stereocenters. The smallest absolute Gasteiger partial charge is 0.258 e. The van der Waals surface area contributed by atoms with E-state index in [1.165, 1.54) is 5.56 Å². The van der Waals surface area contributed by atoms with Crippen LogP contribution >= 0.6 is 0 Å². The Bertz CT molecular complexity index is 374. The fraction of sp³-hybridized carbons (Fsp3) is 0.571. The van der Waals surface area contributed by atoms with Crippen LogP contribution in [0.1, 0.15) is 50.7 Å². The van der Waals surface area contributed by atoms with Crippen LogP contribution in [-0.4, -0.2) is 4.92 Å². The van der Waals surface area contributed by atoms with Crippen molar-refractivity contribution >= 4 is 5.69 Å². The first-order valence-electron chi connectivity index (χ1n) is 6.45. The lowest BCUT2D eigenvalue weighted by molar-refractivity contribution is -0.385. The summed E-state index contributed by atoms with van der Waals surface area (Å²) in [6.07, 6.45) is 6.21. The Labute approximate surface area is 103 Å². The predicted molar refractivity (Wildman–Crippen MR) is 70.3 cm³/mol. The van der Waals surface area contributed by atoms with Crippen LogP contribution < -0.4 is 0 Å². The summed E-state index contributed by atoms with van der Waals surface area (Å²) in [5, 5.41) is 10.9. The molecular formula is C14H21NO2. The first kappa shape index (κ1) is 13.7. The summed E-state index contributed by atoms with van der Waals surface area (Å²) < 4.78 is 0. The fourth-order valence-electron chi connectivity index (χ4n) is 1.92. The highest BCUT2D eigenvalue weighted by molar-refractivity contribution is 5.43. The van der Waals surface area contributed by atoms with Crippen molar-refractivity contribution in [3.8, 4) is 0 Å². The minimum Gasteiger partial charge on any atom is -0.258 e. The monoisotopic (exact) mass is 235 g/mol. The number of hydrogen-bond acceptors (Lipinski definition) is 2. The van der Waals surface area contributed by atoms with E-state index < -0.39 is 0 Å². The van der Waals surface area contributed by atoms with Crippen LogP contribution in [0.4, 0.5) is 5.69 Å². The summed E-state index contributed by atoms with van der Waals surface area (Å²) in [6, 6.07) is 5.57. The lowest BCUT2D eigenvalue weighted by Gasteiger charge is -2.05. The van der Waals surface area contributed by atoms with Crippen LogP contribution in [0.25, 0.3) is 0 Å². The molecule has 0 aromatic heterocycles. The third kappa shape index (κ3) is 4.17. The molecule has 0 aliphatic heterocycles. The molecule has 0 aliphatic carbocycles. The van der Waals surface area contributed by atoms with Crippen molar-refractivity contribution in [3.63, 3.8) is 0 Å². The van der Waals surface area contributed by atoms with Gasteiger partial charge in [0, 0.05) is 11.6 Å². The van der Waals surface area contributed by atoms with Gasteiger partial charge >= 0.3 is 0 Å². The lowest BCUT2D eigenvalue weighted by Crippen LogP contribution is -1.97. The number of benzene rings is 1. The molecule has 1 rings (SSSR count). The van der Waals surface area contributed by atoms with Gasteiger partial charge in [-0.25, -0.2) is 0 Å². The van der Waals surface area contributed by atoms with Crippen LogP contribution in [0.2, 0.25) is 0 Å². The molecule has 0 saturated carbocycles. The molecule has 17 heavy (non-hydrogen) atoms. The van der Waals surface area contributed by atoms with E-state index in [-0.39, 0.29) is 10.6 Å². The number of hydrogen-bond donors (Lipinski definition) is 0. The molecule has 0 saturated heterocycles. The molecule has 0 heterocycles. The Morgan fingerprint density at radius 2 is 1.76 bits per heavy atom. The van der Waals surface area contributed by atoms with Gasteiger partial charge in [0.2, 0.25) is 0 Å². The maximum atomic E-state index is 10.9. The van der Waals surface area contributed by atoms with E-state index in [2.05, 4.69) is 13.8 Å². The van der Waals surface area contributed by atoms with Crippen LogP contribution in [0.15, 0.2) is 18.2 Å². The van der Waals surface area contributed by atoms with Crippen molar-refractivity contribution < 1.29 is 4.92 Å². The highest BCUT2D eigenvalue weighted by Crippen LogP contribution is 2.22. The van der Waals surface area contributed by atoms with Gasteiger partial charge < -0.3 is 0 Å². The third-order valence-electron chi connectivity index (χ3n) is 2.96. The van der Waals surface area contributed by atoms with Gasteiger partial charge in [-0.15, -0.1) is 0 Å². The van der Waals surface area contributed by atoms with E-state index in [1.54, 1.807) is 6.07 Å². The predicted octanol–water partition coefficient (Wildman–Crippen LogP) is 4.28. The molecule has 94 valence electrons. The van der Waals surface area contributed by atoms with E-state index in [4.69, 9.17) is 0 Å². The third-order valence-corrected chi connectivity index (χ3v) is 2.96. The Balaban J connectivity index is 2.88. The fourth-order valence-corrected chi connectivity index (χ4v) is 1.92. The molecule has 3 heteroatoms. The van der Waals surface area contributed by atoms with Gasteiger partial charge in [-0.3, -0.25) is 10.1 Å². The summed E-state index contributed by atoms with van der Waals surface area (Å²) in [4.78, 5) is 10.6. The number of unbranched alkanes of at least 4 members (excludes halogenated alkanes) is 2. The molecule has 1 aromatic rings. The Kier molecular flexibility index (Phi) is 5.67. The van der Waals surface area contributed by atoms with E-state index in [0.717, 1.165) is 44.1 Å². The normalized spacial score (nSPS) is 10.5. The van der Waals surface area contributed by atoms with Crippen molar-refractivity contribution in [2.45, 2.75) is 52.4 Å². The van der Waals surface area contributed by atoms with Crippen molar-refractivity contribution in [1.29, 1.82) is 0 Å². The van der Waals surface area contributed by atoms with Crippen molar-refractivity contribution in [1.82, 2.24) is 0 Å². The molecule has 0 unspecified atom stereocenters. The Morgan fingerprint density at radius 1 is 1.12 bits per heavy atom. The summed E-state index contributed by atoms with van der Waals surface area (Å²) in [5.41, 5.74) is 2.40. The first-order valence-corrected chi connectivity index (χ1v) is 6.45. The topological polar surface area (TPSA) is 43.1 Å². The van der Waals surface area contributed by atoms with Crippen molar-refractivity contribution in [2.75, 3.05) is 0 Å². The van der Waals surface area contributed by atoms with Crippen molar-refractivity contribution in [2.24, 2.45) is 0 Å². The quantitative estimate of drug-likeness (QED) is 0.523. The molecule has 0 amide bonds. The number of nitrogens with zero attached hydrogens (tertiary/aromatic N) is 1. The van der Waals surface area contributed by atoms with E-state index in [1.807, 2.05) is 12.1 Å². The van der Waals surface area contributed by atoms with Crippen molar-refractivity contribution in [3.05, 3.63) is 39.4 Å². The Morgan fingerprint density at radius 3 is 2.35 bits per heavy atom. The maximum Gasteiger partial charge on any atom is 0.272 e. The van der Waals surface area contributed by atoms with E-state index >= 15 is 0 Å². The summed E-state index contributed by atoms with van der Waals surface area (Å²) in [7, 11) is 0. The van der Waals surface area contributed by atoms with Gasteiger partial charge in [0.25, 0.3) is 5.69 Å². The zero-order valence-electron chi connectivity index (χ0n) is 10.7. The second-order valence-corrected chi connectivity index (χ2v) is 4.43. The molecule has 0 fully saturated rings. The minimum atomic E-state index is -0.269. The maximum absolute atomic E-state index is 10.9. The zero-order valence-corrected chi connectivity index (χ0v) is 10.7. The van der Waals surface area contributed by atoms with Gasteiger partial charge in [0.1, 0.15) is 0 Å². The number of aryl methyl sites for hydroxylation is 2. The summed E-state index contributed by atoms with van der Waals surface area (Å²) >= 11 is 0. The van der Waals surface area contributed by atoms with Gasteiger partial charge in [-0.1, -0.05) is 32.8 Å². The van der Waals surface area contributed by atoms with Crippen LogP contribution in [0.5, 0.6) is 0 Å². The van der Waals surface area contributed by atoms with E-state index in [9.17, 15) is 10.1 Å². The highest BCUT2D eigenvalue weighted by atomic mass is 16.6. The van der Waals surface area contributed by atoms with Gasteiger partial charge in [-0.05, 0) is 37.3 Å². The summed E-state index contributed by atoms with van der Waals surface area (Å²) in [5.74, 6) is 0. The Hall–Kier alpha value is -1.38. The second kappa shape index (κ2) is 7.05. The van der Waals surface area contributed by atoms with Crippen LogP contribution in [0.3, 0.4) is 0 Å². The number of nitro benzene ring substituents is 1. The van der Waals surface area contributed by atoms with Gasteiger partial charge in [0.15, 0.2) is 0 Å². The molecule has 0 spiro atoms. The molecule has 3 nitrogen and oxygen atoms in total. The van der Waals surface area contributed by atoms with Crippen LogP contribution in [-0.2, 0) is 12.8 Å². The minimum absolute atomic E-state index is 0.269. The molecule has 0 bridgehead atoms. The SMILES string of the molecule is CCCCc1ccc([N+](=O)[O-])c(CCCC)c1. The van der Waals surface area contributed by atoms with Crippen LogP contribution in [0, 0.1) is 10.1 Å². The first-order chi connectivity index (χ1) is 8.19. The average Bonchev–Trinajstić information content (AvgIpc) is 2.33. The molecular weight excluding hydrogens is 214 g/mol. The average molecular weight is 235 g/mol. The van der Waals surface area contributed by atoms with Gasteiger partial charge in [-0.2, -0.15) is 0 Å². The lowest BCUT2D eigenvalue weighted by atomic mass is 10.0. The molecule has 0 N–H and O–H groups in total. The molecule has 0 radical (unpaired) electrons. The standard InChI is InChI=1S/C14H21NO2/c1-3-5-7-12-9-10-14(15(16)17)13(11-12)8-6-4-2/h9-11H,3-8H2,1-2H3. The molecule has 0 aliphatic rings. The number of nitro groups is 1. The number of rotatable bonds is 7. The second-order valence-electron chi connectivity index (χ2n) is 4.43. The largest absolute Gasteiger partial charge is 0.272 e. The van der Waals surface area contributed by atoms with Gasteiger partial charge in [0.05, 0.1) is 4.92 Å². The summed E-state index contributed by atoms with van der Waals surface area (Å²) in [6.45, 7) is 4.26.